The van der Waals surface area contributed by atoms with Gasteiger partial charge in [0.05, 0.1) is 25.4 Å². The normalized spacial score (nSPS) is 10.1. The van der Waals surface area contributed by atoms with Gasteiger partial charge in [0, 0.05) is 11.6 Å². The van der Waals surface area contributed by atoms with Gasteiger partial charge < -0.3 is 13.9 Å². The number of nitrogens with zero attached hydrogens (tertiary/aromatic N) is 1. The SMILES string of the molecule is COC(=O)c1occc1-c1ccc(OC)c([N+](=O)[O-])c1. The molecule has 0 saturated heterocycles. The predicted octanol–water partition coefficient (Wildman–Crippen LogP) is 2.65. The van der Waals surface area contributed by atoms with Crippen molar-refractivity contribution >= 4 is 11.7 Å². The van der Waals surface area contributed by atoms with Crippen molar-refractivity contribution in [3.63, 3.8) is 0 Å². The highest BCUT2D eigenvalue weighted by atomic mass is 16.6. The lowest BCUT2D eigenvalue weighted by atomic mass is 10.1. The Balaban J connectivity index is 2.54. The number of hydrogen-bond acceptors (Lipinski definition) is 6. The van der Waals surface area contributed by atoms with Crippen LogP contribution in [0.4, 0.5) is 5.69 Å². The highest BCUT2D eigenvalue weighted by Gasteiger charge is 2.21. The topological polar surface area (TPSA) is 91.8 Å². The van der Waals surface area contributed by atoms with Gasteiger partial charge in [-0.2, -0.15) is 0 Å². The van der Waals surface area contributed by atoms with Crippen molar-refractivity contribution in [3.05, 3.63) is 46.4 Å². The summed E-state index contributed by atoms with van der Waals surface area (Å²) < 4.78 is 14.6. The largest absolute Gasteiger partial charge is 0.490 e. The monoisotopic (exact) mass is 277 g/mol. The van der Waals surface area contributed by atoms with Crippen molar-refractivity contribution in [2.24, 2.45) is 0 Å². The molecule has 20 heavy (non-hydrogen) atoms. The Morgan fingerprint density at radius 1 is 1.30 bits per heavy atom. The highest BCUT2D eigenvalue weighted by molar-refractivity contribution is 5.94. The first-order valence-electron chi connectivity index (χ1n) is 5.57. The first kappa shape index (κ1) is 13.6. The maximum atomic E-state index is 11.5. The lowest BCUT2D eigenvalue weighted by Gasteiger charge is -2.05. The number of rotatable bonds is 4. The van der Waals surface area contributed by atoms with Gasteiger partial charge in [0.15, 0.2) is 5.75 Å². The van der Waals surface area contributed by atoms with E-state index in [0.29, 0.717) is 11.1 Å². The summed E-state index contributed by atoms with van der Waals surface area (Å²) in [5, 5.41) is 11.0. The van der Waals surface area contributed by atoms with E-state index in [0.717, 1.165) is 0 Å². The van der Waals surface area contributed by atoms with E-state index in [4.69, 9.17) is 9.15 Å². The van der Waals surface area contributed by atoms with Crippen LogP contribution in [0, 0.1) is 10.1 Å². The third-order valence-corrected chi connectivity index (χ3v) is 2.72. The van der Waals surface area contributed by atoms with Crippen LogP contribution in [0.2, 0.25) is 0 Å². The zero-order valence-electron chi connectivity index (χ0n) is 10.8. The van der Waals surface area contributed by atoms with Crippen molar-refractivity contribution in [1.82, 2.24) is 0 Å². The zero-order valence-corrected chi connectivity index (χ0v) is 10.8. The number of esters is 1. The average Bonchev–Trinajstić information content (AvgIpc) is 2.95. The van der Waals surface area contributed by atoms with Crippen molar-refractivity contribution in [1.29, 1.82) is 0 Å². The molecule has 7 heteroatoms. The maximum Gasteiger partial charge on any atom is 0.374 e. The molecular weight excluding hydrogens is 266 g/mol. The molecule has 0 unspecified atom stereocenters. The van der Waals surface area contributed by atoms with E-state index in [2.05, 4.69) is 4.74 Å². The molecule has 0 fully saturated rings. The summed E-state index contributed by atoms with van der Waals surface area (Å²) in [5.41, 5.74) is 0.691. The van der Waals surface area contributed by atoms with E-state index >= 15 is 0 Å². The summed E-state index contributed by atoms with van der Waals surface area (Å²) in [6, 6.07) is 5.92. The molecule has 0 atom stereocenters. The molecular formula is C13H11NO6. The second-order valence-corrected chi connectivity index (χ2v) is 3.80. The molecule has 0 radical (unpaired) electrons. The highest BCUT2D eigenvalue weighted by Crippen LogP contribution is 2.34. The Bertz CT molecular complexity index is 661. The zero-order chi connectivity index (χ0) is 14.7. The molecule has 1 aromatic heterocycles. The van der Waals surface area contributed by atoms with Gasteiger partial charge in [-0.15, -0.1) is 0 Å². The molecule has 0 spiro atoms. The molecule has 1 heterocycles. The Morgan fingerprint density at radius 2 is 2.05 bits per heavy atom. The molecule has 7 nitrogen and oxygen atoms in total. The molecule has 0 N–H and O–H groups in total. The number of hydrogen-bond donors (Lipinski definition) is 0. The third-order valence-electron chi connectivity index (χ3n) is 2.72. The van der Waals surface area contributed by atoms with E-state index in [1.165, 1.54) is 38.7 Å². The van der Waals surface area contributed by atoms with Gasteiger partial charge in [-0.3, -0.25) is 10.1 Å². The number of methoxy groups -OCH3 is 2. The van der Waals surface area contributed by atoms with Gasteiger partial charge in [-0.25, -0.2) is 4.79 Å². The van der Waals surface area contributed by atoms with Crippen LogP contribution in [0.1, 0.15) is 10.6 Å². The summed E-state index contributed by atoms with van der Waals surface area (Å²) in [5.74, 6) is -0.516. The van der Waals surface area contributed by atoms with Gasteiger partial charge >= 0.3 is 11.7 Å². The van der Waals surface area contributed by atoms with Gasteiger partial charge in [0.25, 0.3) is 0 Å². The van der Waals surface area contributed by atoms with Crippen molar-refractivity contribution in [2.75, 3.05) is 14.2 Å². The van der Waals surface area contributed by atoms with Crippen LogP contribution in [-0.2, 0) is 4.74 Å². The van der Waals surface area contributed by atoms with Crippen LogP contribution in [0.15, 0.2) is 34.9 Å². The first-order chi connectivity index (χ1) is 9.58. The van der Waals surface area contributed by atoms with Crippen LogP contribution in [-0.4, -0.2) is 25.1 Å². The molecule has 104 valence electrons. The number of nitro benzene ring substituents is 1. The Hall–Kier alpha value is -2.83. The number of ether oxygens (including phenoxy) is 2. The first-order valence-corrected chi connectivity index (χ1v) is 5.57. The number of carbonyl (C=O) groups excluding carboxylic acids is 1. The molecule has 0 amide bonds. The number of furan rings is 1. The van der Waals surface area contributed by atoms with E-state index < -0.39 is 10.9 Å². The smallest absolute Gasteiger partial charge is 0.374 e. The molecule has 0 aliphatic carbocycles. The minimum Gasteiger partial charge on any atom is -0.490 e. The second kappa shape index (κ2) is 5.43. The third kappa shape index (κ3) is 2.33. The van der Waals surface area contributed by atoms with E-state index in [-0.39, 0.29) is 17.2 Å². The minimum absolute atomic E-state index is 0.00744. The van der Waals surface area contributed by atoms with Gasteiger partial charge in [-0.05, 0) is 17.7 Å². The van der Waals surface area contributed by atoms with Gasteiger partial charge in [0.2, 0.25) is 5.76 Å². The van der Waals surface area contributed by atoms with Crippen LogP contribution in [0.25, 0.3) is 11.1 Å². The van der Waals surface area contributed by atoms with Gasteiger partial charge in [-0.1, -0.05) is 6.07 Å². The summed E-state index contributed by atoms with van der Waals surface area (Å²) in [7, 11) is 2.57. The molecule has 0 aliphatic rings. The molecule has 0 aliphatic heterocycles. The lowest BCUT2D eigenvalue weighted by molar-refractivity contribution is -0.385. The molecule has 2 aromatic rings. The summed E-state index contributed by atoms with van der Waals surface area (Å²) >= 11 is 0. The molecule has 0 bridgehead atoms. The van der Waals surface area contributed by atoms with Gasteiger partial charge in [0.1, 0.15) is 0 Å². The quantitative estimate of drug-likeness (QED) is 0.484. The Morgan fingerprint density at radius 3 is 2.65 bits per heavy atom. The molecule has 2 rings (SSSR count). The fourth-order valence-corrected chi connectivity index (χ4v) is 1.79. The van der Waals surface area contributed by atoms with Crippen LogP contribution in [0.3, 0.4) is 0 Å². The maximum absolute atomic E-state index is 11.5. The van der Waals surface area contributed by atoms with Crippen molar-refractivity contribution in [3.8, 4) is 16.9 Å². The Labute approximate surface area is 113 Å². The summed E-state index contributed by atoms with van der Waals surface area (Å²) in [6.45, 7) is 0. The van der Waals surface area contributed by atoms with Crippen LogP contribution in [0.5, 0.6) is 5.75 Å². The summed E-state index contributed by atoms with van der Waals surface area (Å²) in [4.78, 5) is 22.0. The molecule has 1 aromatic carbocycles. The molecule has 0 saturated carbocycles. The second-order valence-electron chi connectivity index (χ2n) is 3.80. The van der Waals surface area contributed by atoms with Crippen molar-refractivity contribution in [2.45, 2.75) is 0 Å². The van der Waals surface area contributed by atoms with E-state index in [1.54, 1.807) is 6.07 Å². The minimum atomic E-state index is -0.650. The predicted molar refractivity (Wildman–Crippen MR) is 68.7 cm³/mol. The van der Waals surface area contributed by atoms with Crippen molar-refractivity contribution < 1.29 is 23.6 Å². The van der Waals surface area contributed by atoms with E-state index in [1.807, 2.05) is 0 Å². The van der Waals surface area contributed by atoms with Crippen LogP contribution < -0.4 is 4.74 Å². The number of nitro groups is 1. The lowest BCUT2D eigenvalue weighted by Crippen LogP contribution is -2.01. The average molecular weight is 277 g/mol. The van der Waals surface area contributed by atoms with E-state index in [9.17, 15) is 14.9 Å². The summed E-state index contributed by atoms with van der Waals surface area (Å²) in [6.07, 6.45) is 1.32. The number of carbonyl (C=O) groups is 1. The standard InChI is InChI=1S/C13H11NO6/c1-18-11-4-3-8(7-10(11)14(16)17)9-5-6-20-12(9)13(15)19-2/h3-7H,1-2H3. The fourth-order valence-electron chi connectivity index (χ4n) is 1.79. The van der Waals surface area contributed by atoms with Crippen LogP contribution >= 0.6 is 0 Å². The fraction of sp³-hybridized carbons (Fsp3) is 0.154. The Kier molecular flexibility index (Phi) is 3.69. The number of benzene rings is 1.